The summed E-state index contributed by atoms with van der Waals surface area (Å²) in [5.41, 5.74) is 3.97. The van der Waals surface area contributed by atoms with E-state index in [4.69, 9.17) is 11.6 Å². The third-order valence-electron chi connectivity index (χ3n) is 3.27. The number of aryl methyl sites for hydroxylation is 1. The van der Waals surface area contributed by atoms with Crippen molar-refractivity contribution >= 4 is 17.3 Å². The SMILES string of the molecule is Cc1cc(CCl)ccc1N(CC(C)C)C1CC1. The van der Waals surface area contributed by atoms with E-state index >= 15 is 0 Å². The second-order valence-corrected chi connectivity index (χ2v) is 5.80. The molecule has 1 aromatic carbocycles. The molecule has 0 radical (unpaired) electrons. The predicted molar refractivity (Wildman–Crippen MR) is 75.9 cm³/mol. The van der Waals surface area contributed by atoms with Gasteiger partial charge in [0.1, 0.15) is 0 Å². The normalized spacial score (nSPS) is 15.4. The summed E-state index contributed by atoms with van der Waals surface area (Å²) in [5, 5.41) is 0. The standard InChI is InChI=1S/C15H22ClN/c1-11(2)10-17(14-5-6-14)15-7-4-13(9-16)8-12(15)3/h4,7-8,11,14H,5-6,9-10H2,1-3H3. The van der Waals surface area contributed by atoms with Gasteiger partial charge in [-0.2, -0.15) is 0 Å². The third kappa shape index (κ3) is 3.16. The van der Waals surface area contributed by atoms with Crippen molar-refractivity contribution in [3.8, 4) is 0 Å². The number of halogens is 1. The van der Waals surface area contributed by atoms with E-state index in [0.717, 1.165) is 12.6 Å². The molecule has 94 valence electrons. The van der Waals surface area contributed by atoms with Gasteiger partial charge in [-0.05, 0) is 42.9 Å². The van der Waals surface area contributed by atoms with Gasteiger partial charge in [0, 0.05) is 24.2 Å². The zero-order chi connectivity index (χ0) is 12.4. The lowest BCUT2D eigenvalue weighted by Gasteiger charge is -2.28. The van der Waals surface area contributed by atoms with Gasteiger partial charge in [0.2, 0.25) is 0 Å². The van der Waals surface area contributed by atoms with Crippen LogP contribution in [0.2, 0.25) is 0 Å². The van der Waals surface area contributed by atoms with Crippen LogP contribution in [0.3, 0.4) is 0 Å². The number of hydrogen-bond acceptors (Lipinski definition) is 1. The van der Waals surface area contributed by atoms with E-state index in [1.54, 1.807) is 0 Å². The highest BCUT2D eigenvalue weighted by molar-refractivity contribution is 6.17. The Bertz CT molecular complexity index is 383. The van der Waals surface area contributed by atoms with Crippen LogP contribution < -0.4 is 4.90 Å². The molecular weight excluding hydrogens is 230 g/mol. The minimum atomic E-state index is 0.606. The highest BCUT2D eigenvalue weighted by Crippen LogP contribution is 2.34. The molecule has 17 heavy (non-hydrogen) atoms. The maximum absolute atomic E-state index is 5.88. The molecule has 0 aliphatic heterocycles. The summed E-state index contributed by atoms with van der Waals surface area (Å²) in [5.74, 6) is 1.32. The van der Waals surface area contributed by atoms with Crippen molar-refractivity contribution in [2.45, 2.75) is 45.5 Å². The Labute approximate surface area is 110 Å². The fourth-order valence-corrected chi connectivity index (χ4v) is 2.51. The Kier molecular flexibility index (Phi) is 3.98. The Balaban J connectivity index is 2.23. The molecule has 0 amide bonds. The van der Waals surface area contributed by atoms with Crippen LogP contribution in [0.25, 0.3) is 0 Å². The maximum Gasteiger partial charge on any atom is 0.0474 e. The fraction of sp³-hybridized carbons (Fsp3) is 0.600. The monoisotopic (exact) mass is 251 g/mol. The van der Waals surface area contributed by atoms with Crippen molar-refractivity contribution < 1.29 is 0 Å². The number of rotatable bonds is 5. The molecule has 1 aliphatic carbocycles. The lowest BCUT2D eigenvalue weighted by molar-refractivity contribution is 0.606. The van der Waals surface area contributed by atoms with Gasteiger partial charge in [-0.3, -0.25) is 0 Å². The molecule has 1 saturated carbocycles. The number of hydrogen-bond donors (Lipinski definition) is 0. The van der Waals surface area contributed by atoms with Gasteiger partial charge >= 0.3 is 0 Å². The van der Waals surface area contributed by atoms with Gasteiger partial charge in [-0.25, -0.2) is 0 Å². The maximum atomic E-state index is 5.88. The molecule has 0 atom stereocenters. The van der Waals surface area contributed by atoms with Crippen LogP contribution in [-0.2, 0) is 5.88 Å². The van der Waals surface area contributed by atoms with E-state index in [1.165, 1.54) is 29.7 Å². The topological polar surface area (TPSA) is 3.24 Å². The fourth-order valence-electron chi connectivity index (χ4n) is 2.35. The van der Waals surface area contributed by atoms with Crippen LogP contribution in [0, 0.1) is 12.8 Å². The Hall–Kier alpha value is -0.690. The molecular formula is C15H22ClN. The smallest absolute Gasteiger partial charge is 0.0474 e. The summed E-state index contributed by atoms with van der Waals surface area (Å²) in [4.78, 5) is 2.58. The number of anilines is 1. The van der Waals surface area contributed by atoms with Crippen molar-refractivity contribution in [2.24, 2.45) is 5.92 Å². The molecule has 2 rings (SSSR count). The first-order chi connectivity index (χ1) is 8.11. The highest BCUT2D eigenvalue weighted by atomic mass is 35.5. The van der Waals surface area contributed by atoms with E-state index in [2.05, 4.69) is 43.9 Å². The van der Waals surface area contributed by atoms with Crippen LogP contribution >= 0.6 is 11.6 Å². The average molecular weight is 252 g/mol. The minimum Gasteiger partial charge on any atom is -0.368 e. The highest BCUT2D eigenvalue weighted by Gasteiger charge is 2.30. The van der Waals surface area contributed by atoms with E-state index in [1.807, 2.05) is 0 Å². The molecule has 2 heteroatoms. The number of alkyl halides is 1. The lowest BCUT2D eigenvalue weighted by Crippen LogP contribution is -2.30. The molecule has 0 heterocycles. The zero-order valence-corrected chi connectivity index (χ0v) is 11.8. The first kappa shape index (κ1) is 12.8. The molecule has 0 N–H and O–H groups in total. The predicted octanol–water partition coefficient (Wildman–Crippen LogP) is 4.36. The molecule has 0 aromatic heterocycles. The summed E-state index contributed by atoms with van der Waals surface area (Å²) in [6, 6.07) is 7.40. The molecule has 1 fully saturated rings. The van der Waals surface area contributed by atoms with Crippen LogP contribution in [-0.4, -0.2) is 12.6 Å². The lowest BCUT2D eigenvalue weighted by atomic mass is 10.1. The second-order valence-electron chi connectivity index (χ2n) is 5.53. The summed E-state index contributed by atoms with van der Waals surface area (Å²) in [7, 11) is 0. The van der Waals surface area contributed by atoms with Crippen molar-refractivity contribution in [3.05, 3.63) is 29.3 Å². The largest absolute Gasteiger partial charge is 0.368 e. The number of nitrogens with zero attached hydrogens (tertiary/aromatic N) is 1. The van der Waals surface area contributed by atoms with Gasteiger partial charge < -0.3 is 4.90 Å². The molecule has 0 spiro atoms. The zero-order valence-electron chi connectivity index (χ0n) is 11.0. The van der Waals surface area contributed by atoms with Crippen molar-refractivity contribution in [1.29, 1.82) is 0 Å². The van der Waals surface area contributed by atoms with Gasteiger partial charge in [-0.1, -0.05) is 26.0 Å². The van der Waals surface area contributed by atoms with Crippen molar-refractivity contribution in [2.75, 3.05) is 11.4 Å². The van der Waals surface area contributed by atoms with Crippen molar-refractivity contribution in [3.63, 3.8) is 0 Å². The van der Waals surface area contributed by atoms with Gasteiger partial charge in [0.05, 0.1) is 0 Å². The second kappa shape index (κ2) is 5.30. The molecule has 1 aromatic rings. The van der Waals surface area contributed by atoms with Crippen molar-refractivity contribution in [1.82, 2.24) is 0 Å². The quantitative estimate of drug-likeness (QED) is 0.703. The number of benzene rings is 1. The molecule has 1 aliphatic rings. The molecule has 1 nitrogen and oxygen atoms in total. The Morgan fingerprint density at radius 1 is 1.35 bits per heavy atom. The van der Waals surface area contributed by atoms with Crippen LogP contribution in [0.5, 0.6) is 0 Å². The minimum absolute atomic E-state index is 0.606. The Morgan fingerprint density at radius 2 is 2.06 bits per heavy atom. The summed E-state index contributed by atoms with van der Waals surface area (Å²) < 4.78 is 0. The van der Waals surface area contributed by atoms with E-state index < -0.39 is 0 Å². The molecule has 0 saturated heterocycles. The molecule has 0 bridgehead atoms. The van der Waals surface area contributed by atoms with Gasteiger partial charge in [0.25, 0.3) is 0 Å². The Morgan fingerprint density at radius 3 is 2.53 bits per heavy atom. The van der Waals surface area contributed by atoms with Crippen LogP contribution in [0.1, 0.15) is 37.8 Å². The summed E-state index contributed by atoms with van der Waals surface area (Å²) in [6.07, 6.45) is 2.70. The van der Waals surface area contributed by atoms with Gasteiger partial charge in [0.15, 0.2) is 0 Å². The third-order valence-corrected chi connectivity index (χ3v) is 3.58. The first-order valence-electron chi connectivity index (χ1n) is 6.54. The average Bonchev–Trinajstić information content (AvgIpc) is 3.09. The van der Waals surface area contributed by atoms with E-state index in [0.29, 0.717) is 11.8 Å². The van der Waals surface area contributed by atoms with Crippen LogP contribution in [0.15, 0.2) is 18.2 Å². The summed E-state index contributed by atoms with van der Waals surface area (Å²) in [6.45, 7) is 7.93. The van der Waals surface area contributed by atoms with Crippen LogP contribution in [0.4, 0.5) is 5.69 Å². The summed E-state index contributed by atoms with van der Waals surface area (Å²) >= 11 is 5.88. The van der Waals surface area contributed by atoms with E-state index in [9.17, 15) is 0 Å². The first-order valence-corrected chi connectivity index (χ1v) is 7.07. The van der Waals surface area contributed by atoms with E-state index in [-0.39, 0.29) is 0 Å². The van der Waals surface area contributed by atoms with Gasteiger partial charge in [-0.15, -0.1) is 11.6 Å². The molecule has 0 unspecified atom stereocenters.